The van der Waals surface area contributed by atoms with Gasteiger partial charge in [-0.15, -0.1) is 11.3 Å². The van der Waals surface area contributed by atoms with Crippen molar-refractivity contribution in [1.29, 1.82) is 0 Å². The third-order valence-corrected chi connectivity index (χ3v) is 1.32. The van der Waals surface area contributed by atoms with Gasteiger partial charge in [-0.25, -0.2) is 4.98 Å². The molecule has 0 saturated carbocycles. The second-order valence-electron chi connectivity index (χ2n) is 1.62. The van der Waals surface area contributed by atoms with Crippen LogP contribution >= 0.6 is 11.3 Å². The van der Waals surface area contributed by atoms with Gasteiger partial charge in [-0.2, -0.15) is 0 Å². The number of carbonyl (C=O) groups excluding carboxylic acids is 1. The first-order valence-corrected chi connectivity index (χ1v) is 3.84. The average molecular weight is 188 g/mol. The van der Waals surface area contributed by atoms with E-state index in [1.54, 1.807) is 11.6 Å². The summed E-state index contributed by atoms with van der Waals surface area (Å²) in [6.07, 6.45) is 2.25. The van der Waals surface area contributed by atoms with Crippen molar-refractivity contribution in [3.63, 3.8) is 0 Å². The van der Waals surface area contributed by atoms with Crippen LogP contribution < -0.4 is 5.32 Å². The third kappa shape index (κ3) is 6.69. The Morgan fingerprint density at radius 2 is 2.42 bits per heavy atom. The molecule has 0 aliphatic heterocycles. The Hall–Kier alpha value is -1.43. The van der Waals surface area contributed by atoms with Crippen molar-refractivity contribution in [2.75, 3.05) is 5.32 Å². The van der Waals surface area contributed by atoms with E-state index in [-0.39, 0.29) is 0 Å². The van der Waals surface area contributed by atoms with E-state index in [9.17, 15) is 4.79 Å². The zero-order chi connectivity index (χ0) is 9.40. The third-order valence-electron chi connectivity index (χ3n) is 0.615. The molecule has 66 valence electrons. The maximum absolute atomic E-state index is 9.73. The second kappa shape index (κ2) is 6.29. The Labute approximate surface area is 73.1 Å². The molecule has 0 fully saturated rings. The van der Waals surface area contributed by atoms with Crippen molar-refractivity contribution in [3.8, 4) is 0 Å². The summed E-state index contributed by atoms with van der Waals surface area (Å²) in [6, 6.07) is 0. The molecule has 0 saturated heterocycles. The van der Waals surface area contributed by atoms with Crippen molar-refractivity contribution < 1.29 is 14.7 Å². The Kier molecular flexibility index (Phi) is 5.54. The molecule has 0 aromatic carbocycles. The molecule has 0 unspecified atom stereocenters. The lowest BCUT2D eigenvalue weighted by Gasteiger charge is -1.82. The molecule has 1 amide bonds. The lowest BCUT2D eigenvalue weighted by molar-refractivity contribution is -0.134. The van der Waals surface area contributed by atoms with Crippen molar-refractivity contribution >= 4 is 28.8 Å². The number of carboxylic acids is 1. The second-order valence-corrected chi connectivity index (χ2v) is 2.51. The normalized spacial score (nSPS) is 7.75. The van der Waals surface area contributed by atoms with Crippen LogP contribution in [0.25, 0.3) is 0 Å². The minimum Gasteiger partial charge on any atom is -0.481 e. The number of thiazole rings is 1. The fourth-order valence-electron chi connectivity index (χ4n) is 0.345. The smallest absolute Gasteiger partial charge is 0.300 e. The van der Waals surface area contributed by atoms with Gasteiger partial charge in [-0.05, 0) is 0 Å². The molecule has 2 N–H and O–H groups in total. The van der Waals surface area contributed by atoms with Crippen molar-refractivity contribution in [2.24, 2.45) is 0 Å². The summed E-state index contributed by atoms with van der Waals surface area (Å²) in [5, 5.41) is 12.3. The maximum Gasteiger partial charge on any atom is 0.300 e. The molecule has 0 spiro atoms. The van der Waals surface area contributed by atoms with Gasteiger partial charge in [0.05, 0.1) is 0 Å². The molecule has 0 radical (unpaired) electrons. The van der Waals surface area contributed by atoms with Gasteiger partial charge in [0.25, 0.3) is 5.97 Å². The number of amides is 1. The van der Waals surface area contributed by atoms with Gasteiger partial charge in [0.1, 0.15) is 0 Å². The predicted molar refractivity (Wildman–Crippen MR) is 45.1 cm³/mol. The molecule has 0 aliphatic rings. The number of nitrogens with one attached hydrogen (secondary N) is 1. The van der Waals surface area contributed by atoms with E-state index in [1.807, 2.05) is 0 Å². The zero-order valence-corrected chi connectivity index (χ0v) is 7.17. The van der Waals surface area contributed by atoms with E-state index in [0.717, 1.165) is 6.92 Å². The lowest BCUT2D eigenvalue weighted by Crippen LogP contribution is -1.90. The van der Waals surface area contributed by atoms with Crippen LogP contribution in [0.3, 0.4) is 0 Å². The molecule has 0 bridgehead atoms. The highest BCUT2D eigenvalue weighted by Crippen LogP contribution is 2.07. The highest BCUT2D eigenvalue weighted by molar-refractivity contribution is 7.13. The Bertz CT molecular complexity index is 231. The molecule has 1 heterocycles. The van der Waals surface area contributed by atoms with E-state index in [1.165, 1.54) is 11.3 Å². The van der Waals surface area contributed by atoms with Crippen LogP contribution in [0.15, 0.2) is 11.6 Å². The molecule has 0 atom stereocenters. The number of anilines is 1. The molecule has 6 heteroatoms. The first-order chi connectivity index (χ1) is 5.66. The van der Waals surface area contributed by atoms with Gasteiger partial charge in [-0.3, -0.25) is 9.59 Å². The SMILES string of the molecule is CC(=O)O.O=CNc1nccs1. The Morgan fingerprint density at radius 3 is 2.75 bits per heavy atom. The molecule has 1 aromatic heterocycles. The van der Waals surface area contributed by atoms with Crippen LogP contribution in [-0.2, 0) is 9.59 Å². The molecular formula is C6H8N2O3S. The summed E-state index contributed by atoms with van der Waals surface area (Å²) >= 11 is 1.39. The average Bonchev–Trinajstić information content (AvgIpc) is 2.39. The van der Waals surface area contributed by atoms with Crippen molar-refractivity contribution in [3.05, 3.63) is 11.6 Å². The Morgan fingerprint density at radius 1 is 1.83 bits per heavy atom. The van der Waals surface area contributed by atoms with Gasteiger partial charge in [-0.1, -0.05) is 0 Å². The fraction of sp³-hybridized carbons (Fsp3) is 0.167. The van der Waals surface area contributed by atoms with Crippen LogP contribution in [0.2, 0.25) is 0 Å². The van der Waals surface area contributed by atoms with E-state index in [0.29, 0.717) is 11.5 Å². The number of hydrogen-bond acceptors (Lipinski definition) is 4. The number of carboxylic acid groups (broad SMARTS) is 1. The molecular weight excluding hydrogens is 180 g/mol. The number of rotatable bonds is 2. The monoisotopic (exact) mass is 188 g/mol. The van der Waals surface area contributed by atoms with Crippen molar-refractivity contribution in [1.82, 2.24) is 4.98 Å². The molecule has 12 heavy (non-hydrogen) atoms. The van der Waals surface area contributed by atoms with Crippen molar-refractivity contribution in [2.45, 2.75) is 6.92 Å². The van der Waals surface area contributed by atoms with E-state index in [4.69, 9.17) is 9.90 Å². The molecule has 1 aromatic rings. The largest absolute Gasteiger partial charge is 0.481 e. The first-order valence-electron chi connectivity index (χ1n) is 2.96. The summed E-state index contributed by atoms with van der Waals surface area (Å²) in [5.74, 6) is -0.833. The Balaban J connectivity index is 0.000000261. The number of hydrogen-bond donors (Lipinski definition) is 2. The number of carbonyl (C=O) groups is 2. The number of nitrogens with zero attached hydrogens (tertiary/aromatic N) is 1. The van der Waals surface area contributed by atoms with Crippen LogP contribution in [0, 0.1) is 0 Å². The topological polar surface area (TPSA) is 79.3 Å². The van der Waals surface area contributed by atoms with E-state index in [2.05, 4.69) is 10.3 Å². The van der Waals surface area contributed by atoms with Crippen LogP contribution in [-0.4, -0.2) is 22.5 Å². The highest BCUT2D eigenvalue weighted by Gasteiger charge is 1.86. The fourth-order valence-corrected chi connectivity index (χ4v) is 0.834. The molecule has 1 rings (SSSR count). The number of aromatic nitrogens is 1. The van der Waals surface area contributed by atoms with Gasteiger partial charge in [0.2, 0.25) is 6.41 Å². The quantitative estimate of drug-likeness (QED) is 0.673. The highest BCUT2D eigenvalue weighted by atomic mass is 32.1. The summed E-state index contributed by atoms with van der Waals surface area (Å²) in [4.78, 5) is 22.5. The zero-order valence-electron chi connectivity index (χ0n) is 6.35. The minimum atomic E-state index is -0.833. The standard InChI is InChI=1S/C4H4N2OS.C2H4O2/c7-3-6-4-5-1-2-8-4;1-2(3)4/h1-3H,(H,5,6,7);1H3,(H,3,4). The van der Waals surface area contributed by atoms with Crippen LogP contribution in [0.5, 0.6) is 0 Å². The summed E-state index contributed by atoms with van der Waals surface area (Å²) < 4.78 is 0. The van der Waals surface area contributed by atoms with E-state index < -0.39 is 5.97 Å². The first kappa shape index (κ1) is 10.6. The maximum atomic E-state index is 9.73. The van der Waals surface area contributed by atoms with Gasteiger partial charge < -0.3 is 10.4 Å². The summed E-state index contributed by atoms with van der Waals surface area (Å²) in [5.41, 5.74) is 0. The minimum absolute atomic E-state index is 0.610. The molecule has 5 nitrogen and oxygen atoms in total. The van der Waals surface area contributed by atoms with Crippen LogP contribution in [0.4, 0.5) is 5.13 Å². The molecule has 0 aliphatic carbocycles. The van der Waals surface area contributed by atoms with E-state index >= 15 is 0 Å². The van der Waals surface area contributed by atoms with Crippen LogP contribution in [0.1, 0.15) is 6.92 Å². The summed E-state index contributed by atoms with van der Waals surface area (Å²) in [7, 11) is 0. The number of aliphatic carboxylic acids is 1. The predicted octanol–water partition coefficient (Wildman–Crippen LogP) is 0.802. The summed E-state index contributed by atoms with van der Waals surface area (Å²) in [6.45, 7) is 1.08. The van der Waals surface area contributed by atoms with Gasteiger partial charge in [0.15, 0.2) is 5.13 Å². The van der Waals surface area contributed by atoms with Gasteiger partial charge in [0, 0.05) is 18.5 Å². The lowest BCUT2D eigenvalue weighted by atomic mass is 10.9. The van der Waals surface area contributed by atoms with Gasteiger partial charge >= 0.3 is 0 Å².